The van der Waals surface area contributed by atoms with Crippen LogP contribution >= 0.6 is 0 Å². The van der Waals surface area contributed by atoms with Crippen LogP contribution in [0, 0.1) is 9.93 Å². The molecule has 4 aliphatic heterocycles. The number of phenolic OH excluding ortho intramolecular Hbond substituents is 6. The summed E-state index contributed by atoms with van der Waals surface area (Å²) in [5.74, 6) is 2.23. The maximum atomic E-state index is 13.8. The second kappa shape index (κ2) is 42.7. The number of phenols is 6. The molecule has 4 aliphatic rings. The second-order valence-corrected chi connectivity index (χ2v) is 23.3. The smallest absolute Gasteiger partial charge is 0.508 e. The molecule has 1 atom stereocenters. The van der Waals surface area contributed by atoms with E-state index in [4.69, 9.17) is 49.3 Å². The van der Waals surface area contributed by atoms with E-state index < -0.39 is 11.6 Å². The summed E-state index contributed by atoms with van der Waals surface area (Å²) in [7, 11) is 1.33. The number of carbonyl (C=O) groups excluding carboxylic acids is 4. The quantitative estimate of drug-likeness (QED) is 0.0225. The van der Waals surface area contributed by atoms with Crippen molar-refractivity contribution in [3.63, 3.8) is 0 Å². The molecule has 10 aromatic rings. The number of aromatic nitrogens is 2. The van der Waals surface area contributed by atoms with Gasteiger partial charge >= 0.3 is 43.9 Å². The molecule has 552 valence electrons. The van der Waals surface area contributed by atoms with Gasteiger partial charge in [-0.1, -0.05) is 165 Å². The van der Waals surface area contributed by atoms with Gasteiger partial charge in [0.2, 0.25) is 5.91 Å². The van der Waals surface area contributed by atoms with Gasteiger partial charge < -0.3 is 46.2 Å². The predicted octanol–water partition coefficient (Wildman–Crippen LogP) is 14.9. The van der Waals surface area contributed by atoms with Crippen molar-refractivity contribution < 1.29 is 59.6 Å². The molecule has 0 saturated carbocycles. The number of fused-ring (bicyclic) bond motifs is 2. The van der Waals surface area contributed by atoms with Crippen LogP contribution in [0.2, 0.25) is 0 Å². The van der Waals surface area contributed by atoms with Crippen LogP contribution in [0.3, 0.4) is 0 Å². The molecule has 5 heterocycles. The molecule has 1 aromatic heterocycles. The minimum Gasteiger partial charge on any atom is -0.508 e. The number of nitrogens with one attached hydrogen (secondary N) is 2. The number of carbonyl (C=O) groups is 2. The molecule has 0 fully saturated rings. The molecular weight excluding hydrogens is 1400 g/mol. The predicted molar refractivity (Wildman–Crippen MR) is 423 cm³/mol. The Labute approximate surface area is 658 Å². The fourth-order valence-corrected chi connectivity index (χ4v) is 11.3. The van der Waals surface area contributed by atoms with E-state index in [1.54, 1.807) is 134 Å². The van der Waals surface area contributed by atoms with E-state index in [0.29, 0.717) is 47.3 Å². The summed E-state index contributed by atoms with van der Waals surface area (Å²) in [6.07, 6.45) is 8.27. The molecule has 0 aliphatic carbocycles. The van der Waals surface area contributed by atoms with E-state index in [1.807, 2.05) is 103 Å². The fraction of sp³-hybridized carbons (Fsp3) is 0.167. The maximum absolute atomic E-state index is 13.8. The van der Waals surface area contributed by atoms with Gasteiger partial charge in [-0.25, -0.2) is 29.8 Å². The van der Waals surface area contributed by atoms with Gasteiger partial charge in [-0.05, 0) is 148 Å². The molecule has 0 radical (unpaired) electrons. The Bertz CT molecular complexity index is 4780. The second-order valence-electron chi connectivity index (χ2n) is 23.3. The molecule has 24 heteroatoms. The van der Waals surface area contributed by atoms with Crippen LogP contribution in [0.5, 0.6) is 34.5 Å². The van der Waals surface area contributed by atoms with Crippen LogP contribution < -0.4 is 10.6 Å². The van der Waals surface area contributed by atoms with Crippen molar-refractivity contribution in [2.24, 2.45) is 15.0 Å². The number of benzene rings is 9. The molecule has 108 heavy (non-hydrogen) atoms. The fourth-order valence-electron chi connectivity index (χ4n) is 11.3. The average molecular weight is 1490 g/mol. The Kier molecular flexibility index (Phi) is 34.8. The molecule has 23 nitrogen and oxygen atoms in total. The third kappa shape index (κ3) is 23.6. The molecule has 2 amide bonds. The van der Waals surface area contributed by atoms with Crippen LogP contribution in [0.25, 0.3) is 22.7 Å². The van der Waals surface area contributed by atoms with E-state index in [2.05, 4.69) is 38.9 Å². The minimum absolute atomic E-state index is 0. The number of amidine groups is 1. The van der Waals surface area contributed by atoms with Crippen LogP contribution in [-0.2, 0) is 67.5 Å². The molecule has 0 spiro atoms. The summed E-state index contributed by atoms with van der Waals surface area (Å²) in [4.78, 5) is 94.5. The number of allylic oxidation sites excluding steroid dienone is 1. The first kappa shape index (κ1) is 88.2. The van der Waals surface area contributed by atoms with Gasteiger partial charge in [0, 0.05) is 71.3 Å². The third-order valence-electron chi connectivity index (χ3n) is 16.1. The van der Waals surface area contributed by atoms with Crippen molar-refractivity contribution in [2.75, 3.05) is 19.0 Å². The van der Waals surface area contributed by atoms with Gasteiger partial charge in [0.25, 0.3) is 11.6 Å². The zero-order valence-corrected chi connectivity index (χ0v) is 57.7. The number of hydrogen-bond donors (Lipinski definition) is 8. The number of rotatable bonds is 18. The van der Waals surface area contributed by atoms with Crippen LogP contribution in [0.15, 0.2) is 282 Å². The zero-order chi connectivity index (χ0) is 72.0. The summed E-state index contributed by atoms with van der Waals surface area (Å²) < 4.78 is 0. The van der Waals surface area contributed by atoms with Gasteiger partial charge in [0.05, 0.1) is 60.5 Å². The summed E-state index contributed by atoms with van der Waals surface area (Å²) in [5.41, 5.74) is 12.4. The number of nitrogens with zero attached hydrogens (tertiary/aromatic N) is 7. The largest absolute Gasteiger partial charge is 2.00 e. The molecule has 8 N–H and O–H groups in total. The Balaban J connectivity index is 0.000000324. The number of aliphatic imine (C=N–C) groups is 3. The number of anilines is 1. The first-order valence-corrected chi connectivity index (χ1v) is 31.8. The molecule has 14 rings (SSSR count). The molecule has 9 aromatic carbocycles. The minimum atomic E-state index is -1.65. The number of hydrogen-bond acceptors (Lipinski definition) is 21. The zero-order valence-electron chi connectivity index (χ0n) is 55.5. The molecule has 0 saturated heterocycles. The molecular formula is C84H87CaN9O14+2. The van der Waals surface area contributed by atoms with Gasteiger partial charge in [-0.3, -0.25) is 14.5 Å². The monoisotopic (exact) mass is 1490 g/mol. The SMILES string of the molecule is C.C.C.C.C.COOC1(Cc2ccc(O)cc2)N=C2C(Cc3ccccc3)=NC(c3ccc(O)cc3)=CN2C1=O.O=C(Cc1ccc(O)cc1)Nc1ncc(-c2ccc(O)cc2)nc1Cc1ccccc1.O=C=O.O=O.Oc1ccc(CC2=NC3=C(Cc4ccccc4)NC(c4ccc(O)cc4)=CN3C2)cc1.[Ca+2]. The van der Waals surface area contributed by atoms with Gasteiger partial charge in [0.15, 0.2) is 17.5 Å². The van der Waals surface area contributed by atoms with Crippen molar-refractivity contribution in [2.45, 2.75) is 81.4 Å². The van der Waals surface area contributed by atoms with Crippen molar-refractivity contribution in [3.8, 4) is 45.8 Å². The van der Waals surface area contributed by atoms with Crippen molar-refractivity contribution in [1.82, 2.24) is 25.1 Å². The first-order valence-electron chi connectivity index (χ1n) is 31.8. The number of aromatic hydroxyl groups is 6. The molecule has 0 bridgehead atoms. The average Bonchev–Trinajstić information content (AvgIpc) is 1.59. The third-order valence-corrected chi connectivity index (χ3v) is 16.1. The van der Waals surface area contributed by atoms with Crippen LogP contribution in [-0.4, -0.2) is 143 Å². The maximum Gasteiger partial charge on any atom is 2.00 e. The summed E-state index contributed by atoms with van der Waals surface area (Å²) in [6, 6.07) is 70.9. The summed E-state index contributed by atoms with van der Waals surface area (Å²) in [5, 5.41) is 63.9. The Morgan fingerprint density at radius 2 is 0.972 bits per heavy atom. The van der Waals surface area contributed by atoms with Gasteiger partial charge in [-0.15, -0.1) is 0 Å². The van der Waals surface area contributed by atoms with Crippen molar-refractivity contribution in [3.05, 3.63) is 327 Å². The summed E-state index contributed by atoms with van der Waals surface area (Å²) >= 11 is 0. The Morgan fingerprint density at radius 1 is 0.537 bits per heavy atom. The number of amides is 2. The van der Waals surface area contributed by atoms with Crippen molar-refractivity contribution >= 4 is 90.2 Å². The molecule has 1 unspecified atom stereocenters. The van der Waals surface area contributed by atoms with E-state index in [1.165, 1.54) is 17.6 Å². The van der Waals surface area contributed by atoms with Crippen LogP contribution in [0.4, 0.5) is 5.82 Å². The topological polar surface area (TPSA) is 336 Å². The van der Waals surface area contributed by atoms with E-state index in [9.17, 15) is 40.2 Å². The Morgan fingerprint density at radius 3 is 1.47 bits per heavy atom. The van der Waals surface area contributed by atoms with E-state index in [0.717, 1.165) is 86.8 Å². The van der Waals surface area contributed by atoms with Crippen LogP contribution in [0.1, 0.15) is 87.3 Å². The standard InChI is InChI=1S/C27H23N3O5.C26H23N3O2.C25H21N3O3.CO2.5CH4.Ca.O2/c1-34-35-27(16-19-7-11-21(31)12-8-19)26(33)30-17-24(20-9-13-22(32)14-10-20)28-23(25(30)29-27)15-18-5-3-2-4-6-18;30-22-10-6-19(7-11-22)14-21-16-29-17-25(20-8-12-23(31)13-9-20)28-24(26(29)27-21)15-18-4-2-1-3-5-18;29-20-10-6-18(7-11-20)15-24(31)28-25-22(14-17-4-2-1-3-5-17)27-23(16-26-25)19-8-12-21(30)13-9-19;2-1-3;;;;;;;1-2/h2-14,17,31-32H,15-16H2,1H3;1-13,17,28,30-31H,14-16H2;1-13,16,29-30H,14-15H2,(H,26,28,31);;5*1H4;;/q;;;;;;;;;+2;. The first-order chi connectivity index (χ1) is 49.6. The van der Waals surface area contributed by atoms with E-state index in [-0.39, 0.29) is 134 Å². The Hall–Kier alpha value is -12.2. The van der Waals surface area contributed by atoms with Gasteiger partial charge in [0.1, 0.15) is 34.5 Å². The van der Waals surface area contributed by atoms with Gasteiger partial charge in [-0.2, -0.15) is 14.5 Å². The van der Waals surface area contributed by atoms with Crippen molar-refractivity contribution in [1.29, 1.82) is 0 Å². The van der Waals surface area contributed by atoms with E-state index >= 15 is 0 Å². The normalized spacial score (nSPS) is 13.8. The summed E-state index contributed by atoms with van der Waals surface area (Å²) in [6.45, 7) is 0.720.